The van der Waals surface area contributed by atoms with Crippen molar-refractivity contribution in [2.24, 2.45) is 11.8 Å². The van der Waals surface area contributed by atoms with Gasteiger partial charge in [-0.15, -0.1) is 11.6 Å². The first kappa shape index (κ1) is 14.0. The zero-order valence-corrected chi connectivity index (χ0v) is 12.7. The molecule has 0 radical (unpaired) electrons. The fourth-order valence-corrected chi connectivity index (χ4v) is 3.29. The molecule has 3 nitrogen and oxygen atoms in total. The van der Waals surface area contributed by atoms with Crippen LogP contribution in [0.4, 0.5) is 0 Å². The van der Waals surface area contributed by atoms with E-state index in [-0.39, 0.29) is 11.5 Å². The molecular weight excluding hydrogens is 276 g/mol. The third-order valence-corrected chi connectivity index (χ3v) is 4.72. The largest absolute Gasteiger partial charge is 0.489 e. The molecule has 2 aliphatic heterocycles. The molecule has 110 valence electrons. The van der Waals surface area contributed by atoms with Crippen LogP contribution >= 0.6 is 11.6 Å². The predicted molar refractivity (Wildman–Crippen MR) is 78.7 cm³/mol. The van der Waals surface area contributed by atoms with Crippen LogP contribution in [-0.4, -0.2) is 25.9 Å². The topological polar surface area (TPSA) is 27.7 Å². The van der Waals surface area contributed by atoms with Crippen LogP contribution in [0.1, 0.15) is 31.2 Å². The zero-order chi connectivity index (χ0) is 14.1. The van der Waals surface area contributed by atoms with E-state index in [1.807, 2.05) is 18.2 Å². The summed E-state index contributed by atoms with van der Waals surface area (Å²) < 4.78 is 17.2. The highest BCUT2D eigenvalue weighted by Gasteiger charge is 2.32. The van der Waals surface area contributed by atoms with E-state index in [0.29, 0.717) is 25.0 Å². The SMILES string of the molecule is CC1COc2ccc(C(Cl)C3CCOC3C)cc2OC1. The molecule has 0 aromatic heterocycles. The van der Waals surface area contributed by atoms with Crippen LogP contribution in [0.3, 0.4) is 0 Å². The lowest BCUT2D eigenvalue weighted by molar-refractivity contribution is 0.105. The number of benzene rings is 1. The van der Waals surface area contributed by atoms with E-state index in [0.717, 1.165) is 30.1 Å². The lowest BCUT2D eigenvalue weighted by atomic mass is 9.93. The minimum absolute atomic E-state index is 0.0397. The van der Waals surface area contributed by atoms with E-state index in [9.17, 15) is 0 Å². The number of rotatable bonds is 2. The van der Waals surface area contributed by atoms with Gasteiger partial charge in [0, 0.05) is 18.4 Å². The van der Waals surface area contributed by atoms with E-state index < -0.39 is 0 Å². The number of hydrogen-bond acceptors (Lipinski definition) is 3. The standard InChI is InChI=1S/C16H21ClO3/c1-10-8-19-14-4-3-12(7-15(14)20-9-10)16(17)13-5-6-18-11(13)2/h3-4,7,10-11,13,16H,5-6,8-9H2,1-2H3. The normalized spacial score (nSPS) is 30.9. The van der Waals surface area contributed by atoms with Gasteiger partial charge in [0.1, 0.15) is 0 Å². The van der Waals surface area contributed by atoms with Gasteiger partial charge in [-0.05, 0) is 31.0 Å². The number of ether oxygens (including phenoxy) is 3. The molecule has 2 heterocycles. The van der Waals surface area contributed by atoms with Crippen molar-refractivity contribution in [2.75, 3.05) is 19.8 Å². The van der Waals surface area contributed by atoms with Crippen molar-refractivity contribution in [1.29, 1.82) is 0 Å². The Balaban J connectivity index is 1.81. The van der Waals surface area contributed by atoms with E-state index in [1.54, 1.807) is 0 Å². The van der Waals surface area contributed by atoms with Gasteiger partial charge < -0.3 is 14.2 Å². The van der Waals surface area contributed by atoms with Crippen LogP contribution in [0.5, 0.6) is 11.5 Å². The Labute approximate surface area is 125 Å². The minimum atomic E-state index is -0.0397. The van der Waals surface area contributed by atoms with Gasteiger partial charge in [0.05, 0.1) is 24.7 Å². The van der Waals surface area contributed by atoms with E-state index in [4.69, 9.17) is 25.8 Å². The molecule has 3 rings (SSSR count). The molecule has 0 bridgehead atoms. The summed E-state index contributed by atoms with van der Waals surface area (Å²) in [7, 11) is 0. The quantitative estimate of drug-likeness (QED) is 0.777. The van der Waals surface area contributed by atoms with Crippen LogP contribution in [-0.2, 0) is 4.74 Å². The van der Waals surface area contributed by atoms with Gasteiger partial charge >= 0.3 is 0 Å². The summed E-state index contributed by atoms with van der Waals surface area (Å²) in [6.45, 7) is 6.40. The van der Waals surface area contributed by atoms with Gasteiger partial charge in [-0.2, -0.15) is 0 Å². The second kappa shape index (κ2) is 5.82. The fraction of sp³-hybridized carbons (Fsp3) is 0.625. The Morgan fingerprint density at radius 2 is 1.90 bits per heavy atom. The Morgan fingerprint density at radius 1 is 1.15 bits per heavy atom. The zero-order valence-electron chi connectivity index (χ0n) is 12.0. The average Bonchev–Trinajstić information content (AvgIpc) is 2.79. The Bertz CT molecular complexity index is 477. The molecular formula is C16H21ClO3. The highest BCUT2D eigenvalue weighted by atomic mass is 35.5. The summed E-state index contributed by atoms with van der Waals surface area (Å²) in [6.07, 6.45) is 1.23. The molecule has 0 saturated carbocycles. The minimum Gasteiger partial charge on any atom is -0.489 e. The molecule has 1 saturated heterocycles. The van der Waals surface area contributed by atoms with Crippen LogP contribution in [0.2, 0.25) is 0 Å². The maximum Gasteiger partial charge on any atom is 0.161 e. The molecule has 4 unspecified atom stereocenters. The Kier molecular flexibility index (Phi) is 4.08. The van der Waals surface area contributed by atoms with Gasteiger partial charge in [-0.3, -0.25) is 0 Å². The average molecular weight is 297 g/mol. The summed E-state index contributed by atoms with van der Waals surface area (Å²) in [6, 6.07) is 6.04. The summed E-state index contributed by atoms with van der Waals surface area (Å²) in [5.74, 6) is 2.39. The Hall–Kier alpha value is -0.930. The molecule has 20 heavy (non-hydrogen) atoms. The molecule has 1 fully saturated rings. The maximum atomic E-state index is 6.64. The van der Waals surface area contributed by atoms with E-state index in [2.05, 4.69) is 13.8 Å². The second-order valence-electron chi connectivity index (χ2n) is 5.86. The third-order valence-electron chi connectivity index (χ3n) is 4.14. The van der Waals surface area contributed by atoms with Crippen molar-refractivity contribution in [3.8, 4) is 11.5 Å². The highest BCUT2D eigenvalue weighted by Crippen LogP contribution is 2.41. The maximum absolute atomic E-state index is 6.64. The lowest BCUT2D eigenvalue weighted by Crippen LogP contribution is -2.16. The highest BCUT2D eigenvalue weighted by molar-refractivity contribution is 6.21. The second-order valence-corrected chi connectivity index (χ2v) is 6.33. The molecule has 2 aliphatic rings. The van der Waals surface area contributed by atoms with Crippen molar-refractivity contribution in [2.45, 2.75) is 31.7 Å². The number of halogens is 1. The van der Waals surface area contributed by atoms with Crippen molar-refractivity contribution < 1.29 is 14.2 Å². The lowest BCUT2D eigenvalue weighted by Gasteiger charge is -2.21. The molecule has 0 amide bonds. The first-order valence-electron chi connectivity index (χ1n) is 7.30. The molecule has 0 spiro atoms. The molecule has 0 aliphatic carbocycles. The van der Waals surface area contributed by atoms with Gasteiger partial charge in [0.2, 0.25) is 0 Å². The first-order chi connectivity index (χ1) is 9.65. The summed E-state index contributed by atoms with van der Waals surface area (Å²) in [5, 5.41) is -0.0397. The van der Waals surface area contributed by atoms with Crippen molar-refractivity contribution >= 4 is 11.6 Å². The molecule has 4 heteroatoms. The molecule has 4 atom stereocenters. The predicted octanol–water partition coefficient (Wildman–Crippen LogP) is 3.80. The third kappa shape index (κ3) is 2.75. The van der Waals surface area contributed by atoms with Crippen LogP contribution in [0.15, 0.2) is 18.2 Å². The molecule has 1 aromatic carbocycles. The molecule has 1 aromatic rings. The van der Waals surface area contributed by atoms with Gasteiger partial charge in [0.25, 0.3) is 0 Å². The van der Waals surface area contributed by atoms with Crippen LogP contribution in [0, 0.1) is 11.8 Å². The van der Waals surface area contributed by atoms with E-state index >= 15 is 0 Å². The summed E-state index contributed by atoms with van der Waals surface area (Å²) in [5.41, 5.74) is 1.09. The molecule has 0 N–H and O–H groups in total. The monoisotopic (exact) mass is 296 g/mol. The summed E-state index contributed by atoms with van der Waals surface area (Å²) in [4.78, 5) is 0. The van der Waals surface area contributed by atoms with E-state index in [1.165, 1.54) is 0 Å². The van der Waals surface area contributed by atoms with Gasteiger partial charge in [0.15, 0.2) is 11.5 Å². The van der Waals surface area contributed by atoms with Crippen LogP contribution in [0.25, 0.3) is 0 Å². The number of hydrogen-bond donors (Lipinski definition) is 0. The first-order valence-corrected chi connectivity index (χ1v) is 7.74. The van der Waals surface area contributed by atoms with Crippen molar-refractivity contribution in [1.82, 2.24) is 0 Å². The van der Waals surface area contributed by atoms with Crippen molar-refractivity contribution in [3.63, 3.8) is 0 Å². The smallest absolute Gasteiger partial charge is 0.161 e. The number of fused-ring (bicyclic) bond motifs is 1. The van der Waals surface area contributed by atoms with Gasteiger partial charge in [-0.25, -0.2) is 0 Å². The van der Waals surface area contributed by atoms with Gasteiger partial charge in [-0.1, -0.05) is 13.0 Å². The van der Waals surface area contributed by atoms with Crippen LogP contribution < -0.4 is 9.47 Å². The van der Waals surface area contributed by atoms with Crippen molar-refractivity contribution in [3.05, 3.63) is 23.8 Å². The Morgan fingerprint density at radius 3 is 2.60 bits per heavy atom. The fourth-order valence-electron chi connectivity index (χ4n) is 2.82. The summed E-state index contributed by atoms with van der Waals surface area (Å²) >= 11 is 6.64. The number of alkyl halides is 1.